The van der Waals surface area contributed by atoms with Gasteiger partial charge in [0.1, 0.15) is 5.75 Å². The third-order valence-corrected chi connectivity index (χ3v) is 6.82. The second-order valence-corrected chi connectivity index (χ2v) is 8.73. The molecule has 0 bridgehead atoms. The fourth-order valence-corrected chi connectivity index (χ4v) is 4.73. The van der Waals surface area contributed by atoms with E-state index in [0.717, 1.165) is 0 Å². The maximum absolute atomic E-state index is 13.0. The highest BCUT2D eigenvalue weighted by Gasteiger charge is 2.30. The van der Waals surface area contributed by atoms with E-state index >= 15 is 0 Å². The first kappa shape index (κ1) is 23.1. The van der Waals surface area contributed by atoms with Crippen molar-refractivity contribution in [3.05, 3.63) is 18.2 Å². The smallest absolute Gasteiger partial charge is 0.243 e. The van der Waals surface area contributed by atoms with Crippen LogP contribution in [0, 0.1) is 0 Å². The lowest BCUT2D eigenvalue weighted by atomic mass is 10.3. The van der Waals surface area contributed by atoms with E-state index < -0.39 is 10.0 Å². The predicted octanol–water partition coefficient (Wildman–Crippen LogP) is 0.828. The zero-order valence-electron chi connectivity index (χ0n) is 17.5. The van der Waals surface area contributed by atoms with E-state index in [1.165, 1.54) is 36.5 Å². The number of ether oxygens (including phenoxy) is 1. The number of nitrogens with zero attached hydrogens (tertiary/aromatic N) is 3. The van der Waals surface area contributed by atoms with Crippen LogP contribution in [0.2, 0.25) is 0 Å². The lowest BCUT2D eigenvalue weighted by molar-refractivity contribution is -0.132. The van der Waals surface area contributed by atoms with Crippen molar-refractivity contribution in [1.29, 1.82) is 0 Å². The number of hydrogen-bond acceptors (Lipinski definition) is 6. The largest absolute Gasteiger partial charge is 0.495 e. The first-order chi connectivity index (χ1) is 13.7. The molecular weight excluding hydrogens is 396 g/mol. The minimum absolute atomic E-state index is 0.0569. The van der Waals surface area contributed by atoms with Gasteiger partial charge in [-0.05, 0) is 32.0 Å². The number of piperazine rings is 1. The van der Waals surface area contributed by atoms with E-state index in [-0.39, 0.29) is 16.7 Å². The van der Waals surface area contributed by atoms with Gasteiger partial charge < -0.3 is 15.0 Å². The second-order valence-electron chi connectivity index (χ2n) is 6.79. The highest BCUT2D eigenvalue weighted by Crippen LogP contribution is 2.29. The molecule has 1 aliphatic rings. The number of carbonyl (C=O) groups is 2. The standard InChI is InChI=1S/C19H30N4O5S/c1-5-22(6-2)19(25)14-21-9-11-23(12-10-21)29(26,27)16-7-8-18(28-4)17(13-16)20-15(3)24/h7-8,13H,5-6,9-12,14H2,1-4H3,(H,20,24). The maximum atomic E-state index is 13.0. The zero-order chi connectivity index (χ0) is 21.6. The third kappa shape index (κ3) is 5.68. The van der Waals surface area contributed by atoms with Gasteiger partial charge in [-0.25, -0.2) is 8.42 Å². The Kier molecular flexibility index (Phi) is 8.00. The number of anilines is 1. The average Bonchev–Trinajstić information content (AvgIpc) is 2.68. The van der Waals surface area contributed by atoms with Crippen LogP contribution in [0.5, 0.6) is 5.75 Å². The molecule has 29 heavy (non-hydrogen) atoms. The molecule has 0 saturated carbocycles. The SMILES string of the molecule is CCN(CC)C(=O)CN1CCN(S(=O)(=O)c2ccc(OC)c(NC(C)=O)c2)CC1. The molecule has 2 rings (SSSR count). The van der Waals surface area contributed by atoms with Crippen molar-refractivity contribution in [3.63, 3.8) is 0 Å². The van der Waals surface area contributed by atoms with Gasteiger partial charge in [0.05, 0.1) is 24.2 Å². The lowest BCUT2D eigenvalue weighted by Gasteiger charge is -2.34. The highest BCUT2D eigenvalue weighted by molar-refractivity contribution is 7.89. The van der Waals surface area contributed by atoms with E-state index in [9.17, 15) is 18.0 Å². The number of methoxy groups -OCH3 is 1. The van der Waals surface area contributed by atoms with Crippen LogP contribution in [0.15, 0.2) is 23.1 Å². The Morgan fingerprint density at radius 2 is 1.76 bits per heavy atom. The molecule has 0 unspecified atom stereocenters. The molecule has 1 N–H and O–H groups in total. The molecule has 162 valence electrons. The van der Waals surface area contributed by atoms with E-state index in [4.69, 9.17) is 4.74 Å². The molecule has 1 aromatic rings. The number of carbonyl (C=O) groups excluding carboxylic acids is 2. The Morgan fingerprint density at radius 3 is 2.28 bits per heavy atom. The summed E-state index contributed by atoms with van der Waals surface area (Å²) in [7, 11) is -2.27. The molecule has 1 fully saturated rings. The van der Waals surface area contributed by atoms with Gasteiger partial charge in [0.2, 0.25) is 21.8 Å². The van der Waals surface area contributed by atoms with Crippen molar-refractivity contribution in [1.82, 2.24) is 14.1 Å². The molecule has 0 aromatic heterocycles. The summed E-state index contributed by atoms with van der Waals surface area (Å²) in [5.74, 6) is 0.129. The fraction of sp³-hybridized carbons (Fsp3) is 0.579. The summed E-state index contributed by atoms with van der Waals surface area (Å²) < 4.78 is 32.7. The number of hydrogen-bond donors (Lipinski definition) is 1. The molecule has 1 heterocycles. The summed E-state index contributed by atoms with van der Waals surface area (Å²) in [6.45, 7) is 8.43. The van der Waals surface area contributed by atoms with Gasteiger partial charge in [0, 0.05) is 46.2 Å². The van der Waals surface area contributed by atoms with Gasteiger partial charge in [-0.3, -0.25) is 14.5 Å². The second kappa shape index (κ2) is 10.0. The Bertz CT molecular complexity index is 831. The van der Waals surface area contributed by atoms with Crippen molar-refractivity contribution < 1.29 is 22.7 Å². The molecule has 0 aliphatic carbocycles. The van der Waals surface area contributed by atoms with Crippen molar-refractivity contribution in [2.24, 2.45) is 0 Å². The molecule has 1 aliphatic heterocycles. The monoisotopic (exact) mass is 426 g/mol. The Labute approximate surface area is 172 Å². The molecule has 2 amide bonds. The number of likely N-dealkylation sites (N-methyl/N-ethyl adjacent to an activating group) is 1. The van der Waals surface area contributed by atoms with Gasteiger partial charge >= 0.3 is 0 Å². The first-order valence-corrected chi connectivity index (χ1v) is 11.1. The molecule has 1 saturated heterocycles. The van der Waals surface area contributed by atoms with Gasteiger partial charge in [0.15, 0.2) is 0 Å². The maximum Gasteiger partial charge on any atom is 0.243 e. The number of sulfonamides is 1. The Hall–Kier alpha value is -2.17. The number of rotatable bonds is 8. The summed E-state index contributed by atoms with van der Waals surface area (Å²) in [5, 5.41) is 2.59. The number of amides is 2. The Balaban J connectivity index is 2.08. The Morgan fingerprint density at radius 1 is 1.14 bits per heavy atom. The van der Waals surface area contributed by atoms with E-state index in [1.54, 1.807) is 4.90 Å². The van der Waals surface area contributed by atoms with Crippen LogP contribution in [-0.4, -0.2) is 87.3 Å². The first-order valence-electron chi connectivity index (χ1n) is 9.68. The fourth-order valence-electron chi connectivity index (χ4n) is 3.28. The van der Waals surface area contributed by atoms with Crippen LogP contribution in [0.4, 0.5) is 5.69 Å². The van der Waals surface area contributed by atoms with Crippen LogP contribution in [0.3, 0.4) is 0 Å². The molecule has 10 heteroatoms. The molecular formula is C19H30N4O5S. The minimum Gasteiger partial charge on any atom is -0.495 e. The van der Waals surface area contributed by atoms with Gasteiger partial charge in [0.25, 0.3) is 0 Å². The topological polar surface area (TPSA) is 99.3 Å². The molecule has 0 spiro atoms. The molecule has 0 atom stereocenters. The predicted molar refractivity (Wildman–Crippen MR) is 110 cm³/mol. The van der Waals surface area contributed by atoms with Crippen molar-refractivity contribution in [3.8, 4) is 5.75 Å². The van der Waals surface area contributed by atoms with Crippen molar-refractivity contribution in [2.45, 2.75) is 25.7 Å². The normalized spacial score (nSPS) is 15.7. The van der Waals surface area contributed by atoms with E-state index in [1.807, 2.05) is 18.7 Å². The van der Waals surface area contributed by atoms with E-state index in [0.29, 0.717) is 57.3 Å². The van der Waals surface area contributed by atoms with Crippen LogP contribution in [-0.2, 0) is 19.6 Å². The molecule has 9 nitrogen and oxygen atoms in total. The summed E-state index contributed by atoms with van der Waals surface area (Å²) in [4.78, 5) is 27.5. The number of nitrogens with one attached hydrogen (secondary N) is 1. The highest BCUT2D eigenvalue weighted by atomic mass is 32.2. The van der Waals surface area contributed by atoms with Crippen LogP contribution >= 0.6 is 0 Å². The van der Waals surface area contributed by atoms with Gasteiger partial charge in [-0.15, -0.1) is 0 Å². The van der Waals surface area contributed by atoms with Gasteiger partial charge in [-0.1, -0.05) is 0 Å². The summed E-state index contributed by atoms with van der Waals surface area (Å²) >= 11 is 0. The summed E-state index contributed by atoms with van der Waals surface area (Å²) in [6, 6.07) is 4.40. The van der Waals surface area contributed by atoms with Crippen molar-refractivity contribution in [2.75, 3.05) is 58.2 Å². The zero-order valence-corrected chi connectivity index (χ0v) is 18.3. The summed E-state index contributed by atoms with van der Waals surface area (Å²) in [6.07, 6.45) is 0. The molecule has 1 aromatic carbocycles. The average molecular weight is 427 g/mol. The quantitative estimate of drug-likeness (QED) is 0.661. The van der Waals surface area contributed by atoms with E-state index in [2.05, 4.69) is 5.32 Å². The van der Waals surface area contributed by atoms with Crippen LogP contribution in [0.1, 0.15) is 20.8 Å². The molecule has 0 radical (unpaired) electrons. The number of benzene rings is 1. The third-order valence-electron chi connectivity index (χ3n) is 4.93. The minimum atomic E-state index is -3.72. The lowest BCUT2D eigenvalue weighted by Crippen LogP contribution is -2.51. The summed E-state index contributed by atoms with van der Waals surface area (Å²) in [5.41, 5.74) is 0.310. The van der Waals surface area contributed by atoms with Crippen LogP contribution < -0.4 is 10.1 Å². The van der Waals surface area contributed by atoms with Crippen molar-refractivity contribution >= 4 is 27.5 Å². The van der Waals surface area contributed by atoms with Crippen LogP contribution in [0.25, 0.3) is 0 Å². The van der Waals surface area contributed by atoms with Gasteiger partial charge in [-0.2, -0.15) is 4.31 Å².